The highest BCUT2D eigenvalue weighted by Gasteiger charge is 2.29. The summed E-state index contributed by atoms with van der Waals surface area (Å²) in [5, 5.41) is 1.09. The lowest BCUT2D eigenvalue weighted by molar-refractivity contribution is -0.138. The summed E-state index contributed by atoms with van der Waals surface area (Å²) in [6, 6.07) is 9.97. The van der Waals surface area contributed by atoms with Gasteiger partial charge in [-0.05, 0) is 56.2 Å². The lowest BCUT2D eigenvalue weighted by Crippen LogP contribution is -2.37. The Morgan fingerprint density at radius 1 is 1.28 bits per heavy atom. The highest BCUT2D eigenvalue weighted by Crippen LogP contribution is 2.30. The summed E-state index contributed by atoms with van der Waals surface area (Å²) in [5.41, 5.74) is 4.15. The molecule has 128 valence electrons. The molecule has 1 aromatic carbocycles. The molecular weight excluding hydrogens is 316 g/mol. The Labute approximate surface area is 146 Å². The maximum atomic E-state index is 12.7. The Bertz CT molecular complexity index is 947. The van der Waals surface area contributed by atoms with Crippen LogP contribution in [-0.4, -0.2) is 21.9 Å². The smallest absolute Gasteiger partial charge is 0.264 e. The van der Waals surface area contributed by atoms with Crippen molar-refractivity contribution in [2.45, 2.75) is 40.0 Å². The highest BCUT2D eigenvalue weighted by molar-refractivity contribution is 5.86. The average molecular weight is 336 g/mol. The van der Waals surface area contributed by atoms with Gasteiger partial charge in [0, 0.05) is 10.9 Å². The molecule has 1 aliphatic rings. The third-order valence-electron chi connectivity index (χ3n) is 4.56. The first kappa shape index (κ1) is 15.7. The number of amides is 1. The van der Waals surface area contributed by atoms with Gasteiger partial charge < -0.3 is 14.1 Å². The topological polar surface area (TPSA) is 55.6 Å². The van der Waals surface area contributed by atoms with Gasteiger partial charge in [0.15, 0.2) is 6.10 Å². The van der Waals surface area contributed by atoms with E-state index >= 15 is 0 Å². The van der Waals surface area contributed by atoms with E-state index < -0.39 is 6.10 Å². The SMILES string of the molecule is Cc1cc(C)c2cc3c(nc2c1)OC(C)C(=O)N(Cc1ccco1)C3. The minimum Gasteiger partial charge on any atom is -0.467 e. The lowest BCUT2D eigenvalue weighted by Gasteiger charge is -2.20. The van der Waals surface area contributed by atoms with Crippen LogP contribution in [0.3, 0.4) is 0 Å². The van der Waals surface area contributed by atoms with E-state index in [-0.39, 0.29) is 5.91 Å². The predicted molar refractivity (Wildman–Crippen MR) is 94.3 cm³/mol. The van der Waals surface area contributed by atoms with Crippen LogP contribution >= 0.6 is 0 Å². The first-order chi connectivity index (χ1) is 12.0. The van der Waals surface area contributed by atoms with Gasteiger partial charge in [-0.2, -0.15) is 0 Å². The first-order valence-electron chi connectivity index (χ1n) is 8.40. The van der Waals surface area contributed by atoms with Crippen LogP contribution in [0.25, 0.3) is 10.9 Å². The van der Waals surface area contributed by atoms with E-state index in [2.05, 4.69) is 31.0 Å². The first-order valence-corrected chi connectivity index (χ1v) is 8.40. The quantitative estimate of drug-likeness (QED) is 0.715. The van der Waals surface area contributed by atoms with Crippen LogP contribution in [-0.2, 0) is 17.9 Å². The van der Waals surface area contributed by atoms with Crippen LogP contribution in [0.4, 0.5) is 0 Å². The molecule has 0 spiro atoms. The number of rotatable bonds is 2. The number of fused-ring (bicyclic) bond motifs is 2. The minimum atomic E-state index is -0.577. The third-order valence-corrected chi connectivity index (χ3v) is 4.56. The second-order valence-corrected chi connectivity index (χ2v) is 6.63. The summed E-state index contributed by atoms with van der Waals surface area (Å²) < 4.78 is 11.3. The van der Waals surface area contributed by atoms with Crippen LogP contribution in [0.15, 0.2) is 41.0 Å². The molecule has 3 heterocycles. The van der Waals surface area contributed by atoms with Gasteiger partial charge in [0.2, 0.25) is 5.88 Å². The summed E-state index contributed by atoms with van der Waals surface area (Å²) in [6.45, 7) is 6.77. The van der Waals surface area contributed by atoms with Crippen LogP contribution in [0.1, 0.15) is 29.4 Å². The zero-order valence-electron chi connectivity index (χ0n) is 14.6. The number of ether oxygens (including phenoxy) is 1. The molecule has 0 aliphatic carbocycles. The van der Waals surface area contributed by atoms with Gasteiger partial charge in [0.25, 0.3) is 5.91 Å². The summed E-state index contributed by atoms with van der Waals surface area (Å²) in [6.07, 6.45) is 1.04. The lowest BCUT2D eigenvalue weighted by atomic mass is 10.0. The van der Waals surface area contributed by atoms with Crippen molar-refractivity contribution in [3.05, 3.63) is 59.0 Å². The average Bonchev–Trinajstić information content (AvgIpc) is 3.03. The molecule has 1 unspecified atom stereocenters. The molecule has 1 amide bonds. The summed E-state index contributed by atoms with van der Waals surface area (Å²) >= 11 is 0. The zero-order valence-corrected chi connectivity index (χ0v) is 14.6. The molecule has 0 saturated carbocycles. The Kier molecular flexibility index (Phi) is 3.71. The van der Waals surface area contributed by atoms with E-state index in [1.54, 1.807) is 18.1 Å². The molecule has 2 aromatic heterocycles. The largest absolute Gasteiger partial charge is 0.467 e. The second kappa shape index (κ2) is 5.92. The molecule has 0 fully saturated rings. The normalized spacial score (nSPS) is 17.3. The summed E-state index contributed by atoms with van der Waals surface area (Å²) in [4.78, 5) is 19.1. The second-order valence-electron chi connectivity index (χ2n) is 6.63. The van der Waals surface area contributed by atoms with Gasteiger partial charge in [-0.15, -0.1) is 0 Å². The number of hydrogen-bond donors (Lipinski definition) is 0. The Morgan fingerprint density at radius 2 is 2.12 bits per heavy atom. The number of hydrogen-bond acceptors (Lipinski definition) is 4. The predicted octanol–water partition coefficient (Wildman–Crippen LogP) is 3.75. The standard InChI is InChI=1S/C20H20N2O3/c1-12-7-13(2)17-9-15-10-22(11-16-5-4-6-24-16)20(23)14(3)25-19(15)21-18(17)8-12/h4-9,14H,10-11H2,1-3H3. The fourth-order valence-corrected chi connectivity index (χ4v) is 3.35. The Hall–Kier alpha value is -2.82. The van der Waals surface area contributed by atoms with Crippen molar-refractivity contribution >= 4 is 16.8 Å². The van der Waals surface area contributed by atoms with Gasteiger partial charge in [0.1, 0.15) is 5.76 Å². The highest BCUT2D eigenvalue weighted by atomic mass is 16.5. The molecule has 1 atom stereocenters. The van der Waals surface area contributed by atoms with E-state index in [0.717, 1.165) is 27.8 Å². The fourth-order valence-electron chi connectivity index (χ4n) is 3.35. The molecule has 1 aliphatic heterocycles. The van der Waals surface area contributed by atoms with Crippen molar-refractivity contribution < 1.29 is 13.9 Å². The molecule has 0 radical (unpaired) electrons. The number of benzene rings is 1. The van der Waals surface area contributed by atoms with E-state index in [4.69, 9.17) is 9.15 Å². The number of carbonyl (C=O) groups excluding carboxylic acids is 1. The molecule has 5 nitrogen and oxygen atoms in total. The monoisotopic (exact) mass is 336 g/mol. The molecule has 25 heavy (non-hydrogen) atoms. The molecule has 3 aromatic rings. The van der Waals surface area contributed by atoms with Crippen LogP contribution in [0, 0.1) is 13.8 Å². The number of carbonyl (C=O) groups is 1. The maximum Gasteiger partial charge on any atom is 0.264 e. The summed E-state index contributed by atoms with van der Waals surface area (Å²) in [5.74, 6) is 1.23. The van der Waals surface area contributed by atoms with Crippen molar-refractivity contribution in [2.75, 3.05) is 0 Å². The third kappa shape index (κ3) is 2.86. The number of aryl methyl sites for hydroxylation is 2. The van der Waals surface area contributed by atoms with Crippen LogP contribution < -0.4 is 4.74 Å². The molecular formula is C20H20N2O3. The minimum absolute atomic E-state index is 0.0636. The van der Waals surface area contributed by atoms with Gasteiger partial charge in [-0.1, -0.05) is 6.07 Å². The van der Waals surface area contributed by atoms with Crippen molar-refractivity contribution in [1.29, 1.82) is 0 Å². The van der Waals surface area contributed by atoms with Gasteiger partial charge in [-0.3, -0.25) is 4.79 Å². The molecule has 4 rings (SSSR count). The Balaban J connectivity index is 1.78. The van der Waals surface area contributed by atoms with Gasteiger partial charge >= 0.3 is 0 Å². The van der Waals surface area contributed by atoms with Crippen molar-refractivity contribution in [1.82, 2.24) is 9.88 Å². The zero-order chi connectivity index (χ0) is 17.6. The number of pyridine rings is 1. The molecule has 0 saturated heterocycles. The fraction of sp³-hybridized carbons (Fsp3) is 0.300. The van der Waals surface area contributed by atoms with Crippen molar-refractivity contribution in [3.63, 3.8) is 0 Å². The van der Waals surface area contributed by atoms with Crippen molar-refractivity contribution in [2.24, 2.45) is 0 Å². The number of aromatic nitrogens is 1. The maximum absolute atomic E-state index is 12.7. The van der Waals surface area contributed by atoms with E-state index in [1.165, 1.54) is 5.56 Å². The molecule has 0 N–H and O–H groups in total. The van der Waals surface area contributed by atoms with E-state index in [0.29, 0.717) is 19.0 Å². The molecule has 5 heteroatoms. The van der Waals surface area contributed by atoms with Crippen LogP contribution in [0.5, 0.6) is 5.88 Å². The van der Waals surface area contributed by atoms with E-state index in [1.807, 2.05) is 18.2 Å². The van der Waals surface area contributed by atoms with Crippen molar-refractivity contribution in [3.8, 4) is 5.88 Å². The Morgan fingerprint density at radius 3 is 2.88 bits per heavy atom. The molecule has 0 bridgehead atoms. The van der Waals surface area contributed by atoms with Crippen LogP contribution in [0.2, 0.25) is 0 Å². The van der Waals surface area contributed by atoms with Gasteiger partial charge in [-0.25, -0.2) is 4.98 Å². The van der Waals surface area contributed by atoms with E-state index in [9.17, 15) is 4.79 Å². The number of furan rings is 1. The van der Waals surface area contributed by atoms with Gasteiger partial charge in [0.05, 0.1) is 24.9 Å². The number of nitrogens with zero attached hydrogens (tertiary/aromatic N) is 2. The summed E-state index contributed by atoms with van der Waals surface area (Å²) in [7, 11) is 0.